The standard InChI is InChI=1S/C5H7NS2/c6-2-1-5-3-7-4-8-5/h5H,1,3-4H2. The SMILES string of the molecule is N#CCC1CSCS1. The van der Waals surface area contributed by atoms with E-state index in [1.165, 1.54) is 10.8 Å². The van der Waals surface area contributed by atoms with Crippen LogP contribution in [-0.4, -0.2) is 16.1 Å². The van der Waals surface area contributed by atoms with Gasteiger partial charge in [0.05, 0.1) is 6.07 Å². The van der Waals surface area contributed by atoms with Crippen LogP contribution in [0.1, 0.15) is 6.42 Å². The van der Waals surface area contributed by atoms with Crippen molar-refractivity contribution >= 4 is 23.5 Å². The van der Waals surface area contributed by atoms with Gasteiger partial charge >= 0.3 is 0 Å². The zero-order valence-corrected chi connectivity index (χ0v) is 6.10. The van der Waals surface area contributed by atoms with E-state index in [-0.39, 0.29) is 0 Å². The molecule has 1 heterocycles. The minimum absolute atomic E-state index is 0.630. The third kappa shape index (κ3) is 1.61. The first-order chi connectivity index (χ1) is 3.93. The lowest BCUT2D eigenvalue weighted by atomic mass is 10.4. The minimum Gasteiger partial charge on any atom is -0.198 e. The van der Waals surface area contributed by atoms with Crippen LogP contribution in [0.4, 0.5) is 0 Å². The fraction of sp³-hybridized carbons (Fsp3) is 0.800. The molecule has 1 unspecified atom stereocenters. The summed E-state index contributed by atoms with van der Waals surface area (Å²) < 4.78 is 0. The van der Waals surface area contributed by atoms with Crippen LogP contribution in [0.2, 0.25) is 0 Å². The molecule has 1 fully saturated rings. The van der Waals surface area contributed by atoms with Crippen LogP contribution in [0.15, 0.2) is 0 Å². The highest BCUT2D eigenvalue weighted by Gasteiger charge is 2.14. The lowest BCUT2D eigenvalue weighted by molar-refractivity contribution is 1.02. The highest BCUT2D eigenvalue weighted by molar-refractivity contribution is 8.19. The van der Waals surface area contributed by atoms with Crippen molar-refractivity contribution in [2.45, 2.75) is 11.7 Å². The predicted molar refractivity (Wildman–Crippen MR) is 38.9 cm³/mol. The fourth-order valence-corrected chi connectivity index (χ4v) is 3.38. The van der Waals surface area contributed by atoms with E-state index in [1.807, 2.05) is 23.5 Å². The molecule has 0 amide bonds. The Bertz CT molecular complexity index is 101. The molecule has 8 heavy (non-hydrogen) atoms. The van der Waals surface area contributed by atoms with Crippen LogP contribution < -0.4 is 0 Å². The predicted octanol–water partition coefficient (Wildman–Crippen LogP) is 1.71. The molecule has 1 rings (SSSR count). The maximum absolute atomic E-state index is 8.25. The molecule has 3 heteroatoms. The molecule has 0 bridgehead atoms. The van der Waals surface area contributed by atoms with Crippen LogP contribution >= 0.6 is 23.5 Å². The minimum atomic E-state index is 0.630. The molecule has 0 aromatic carbocycles. The van der Waals surface area contributed by atoms with Gasteiger partial charge in [-0.05, 0) is 0 Å². The highest BCUT2D eigenvalue weighted by atomic mass is 32.2. The van der Waals surface area contributed by atoms with Crippen LogP contribution in [0.5, 0.6) is 0 Å². The van der Waals surface area contributed by atoms with Gasteiger partial charge in [-0.25, -0.2) is 0 Å². The highest BCUT2D eigenvalue weighted by Crippen LogP contribution is 2.30. The molecule has 0 aromatic rings. The summed E-state index contributed by atoms with van der Waals surface area (Å²) in [6.07, 6.45) is 0.734. The largest absolute Gasteiger partial charge is 0.198 e. The Labute approximate surface area is 57.8 Å². The summed E-state index contributed by atoms with van der Waals surface area (Å²) in [4.78, 5) is 0. The molecule has 0 spiro atoms. The van der Waals surface area contributed by atoms with E-state index in [1.54, 1.807) is 0 Å². The van der Waals surface area contributed by atoms with Crippen molar-refractivity contribution in [2.24, 2.45) is 0 Å². The van der Waals surface area contributed by atoms with E-state index in [2.05, 4.69) is 6.07 Å². The molecule has 0 saturated carbocycles. The lowest BCUT2D eigenvalue weighted by Gasteiger charge is -1.96. The van der Waals surface area contributed by atoms with Crippen molar-refractivity contribution in [2.75, 3.05) is 10.8 Å². The summed E-state index contributed by atoms with van der Waals surface area (Å²) in [6, 6.07) is 2.18. The maximum atomic E-state index is 8.25. The van der Waals surface area contributed by atoms with Crippen molar-refractivity contribution in [3.63, 3.8) is 0 Å². The molecule has 0 aromatic heterocycles. The second-order valence-corrected chi connectivity index (χ2v) is 4.32. The first-order valence-corrected chi connectivity index (χ1v) is 4.70. The Morgan fingerprint density at radius 2 is 2.62 bits per heavy atom. The molecule has 1 saturated heterocycles. The molecule has 0 aliphatic carbocycles. The Morgan fingerprint density at radius 1 is 1.75 bits per heavy atom. The molecule has 0 N–H and O–H groups in total. The van der Waals surface area contributed by atoms with Gasteiger partial charge in [-0.2, -0.15) is 5.26 Å². The van der Waals surface area contributed by atoms with Gasteiger partial charge in [0.25, 0.3) is 0 Å². The number of thioether (sulfide) groups is 2. The van der Waals surface area contributed by atoms with Gasteiger partial charge in [-0.1, -0.05) is 0 Å². The summed E-state index contributed by atoms with van der Waals surface area (Å²) in [5.74, 6) is 1.18. The van der Waals surface area contributed by atoms with Crippen molar-refractivity contribution in [1.82, 2.24) is 0 Å². The lowest BCUT2D eigenvalue weighted by Crippen LogP contribution is -1.97. The smallest absolute Gasteiger partial charge is 0.0633 e. The second kappa shape index (κ2) is 3.26. The van der Waals surface area contributed by atoms with Gasteiger partial charge in [0, 0.05) is 22.5 Å². The second-order valence-electron chi connectivity index (χ2n) is 1.64. The summed E-state index contributed by atoms with van der Waals surface area (Å²) in [7, 11) is 0. The topological polar surface area (TPSA) is 23.8 Å². The van der Waals surface area contributed by atoms with Gasteiger partial charge in [-0.3, -0.25) is 0 Å². The Morgan fingerprint density at radius 3 is 3.12 bits per heavy atom. The summed E-state index contributed by atoms with van der Waals surface area (Å²) in [5, 5.41) is 10.1. The third-order valence-electron chi connectivity index (χ3n) is 1.01. The maximum Gasteiger partial charge on any atom is 0.0633 e. The van der Waals surface area contributed by atoms with Crippen molar-refractivity contribution < 1.29 is 0 Å². The Kier molecular flexibility index (Phi) is 2.57. The Balaban J connectivity index is 2.17. The Hall–Kier alpha value is 0.190. The molecular weight excluding hydrogens is 138 g/mol. The van der Waals surface area contributed by atoms with Crippen LogP contribution in [0.3, 0.4) is 0 Å². The van der Waals surface area contributed by atoms with Crippen LogP contribution in [-0.2, 0) is 0 Å². The molecule has 1 aliphatic rings. The summed E-state index contributed by atoms with van der Waals surface area (Å²) >= 11 is 3.84. The zero-order chi connectivity index (χ0) is 5.82. The van der Waals surface area contributed by atoms with Gasteiger partial charge in [-0.15, -0.1) is 23.5 Å². The quantitative estimate of drug-likeness (QED) is 0.561. The van der Waals surface area contributed by atoms with Gasteiger partial charge in [0.15, 0.2) is 0 Å². The number of nitrogens with zero attached hydrogens (tertiary/aromatic N) is 1. The van der Waals surface area contributed by atoms with Crippen molar-refractivity contribution in [1.29, 1.82) is 5.26 Å². The number of nitriles is 1. The summed E-state index contributed by atoms with van der Waals surface area (Å²) in [6.45, 7) is 0. The first-order valence-electron chi connectivity index (χ1n) is 2.50. The fourth-order valence-electron chi connectivity index (χ4n) is 0.592. The van der Waals surface area contributed by atoms with Crippen LogP contribution in [0.25, 0.3) is 0 Å². The average molecular weight is 145 g/mol. The van der Waals surface area contributed by atoms with E-state index in [9.17, 15) is 0 Å². The molecule has 1 atom stereocenters. The molecule has 1 nitrogen and oxygen atoms in total. The number of hydrogen-bond donors (Lipinski definition) is 0. The van der Waals surface area contributed by atoms with Crippen LogP contribution in [0, 0.1) is 11.3 Å². The monoisotopic (exact) mass is 145 g/mol. The van der Waals surface area contributed by atoms with Gasteiger partial charge in [0.1, 0.15) is 0 Å². The molecule has 1 aliphatic heterocycles. The molecule has 44 valence electrons. The third-order valence-corrected chi connectivity index (χ3v) is 3.87. The number of hydrogen-bond acceptors (Lipinski definition) is 3. The van der Waals surface area contributed by atoms with Crippen molar-refractivity contribution in [3.05, 3.63) is 0 Å². The van der Waals surface area contributed by atoms with E-state index in [4.69, 9.17) is 5.26 Å². The van der Waals surface area contributed by atoms with Gasteiger partial charge in [0.2, 0.25) is 0 Å². The van der Waals surface area contributed by atoms with E-state index in [0.717, 1.165) is 6.42 Å². The zero-order valence-electron chi connectivity index (χ0n) is 4.46. The first kappa shape index (κ1) is 6.31. The van der Waals surface area contributed by atoms with E-state index < -0.39 is 0 Å². The van der Waals surface area contributed by atoms with E-state index >= 15 is 0 Å². The molecule has 0 radical (unpaired) electrons. The average Bonchev–Trinajstić information content (AvgIpc) is 2.19. The normalized spacial score (nSPS) is 27.6. The molecular formula is C5H7NS2. The summed E-state index contributed by atoms with van der Waals surface area (Å²) in [5.41, 5.74) is 0. The number of rotatable bonds is 1. The van der Waals surface area contributed by atoms with Gasteiger partial charge < -0.3 is 0 Å². The van der Waals surface area contributed by atoms with Crippen molar-refractivity contribution in [3.8, 4) is 6.07 Å². The van der Waals surface area contributed by atoms with E-state index in [0.29, 0.717) is 5.25 Å².